The molecule has 0 saturated heterocycles. The van der Waals surface area contributed by atoms with E-state index in [4.69, 9.17) is 16.6 Å². The van der Waals surface area contributed by atoms with E-state index in [9.17, 15) is 5.26 Å². The molecule has 28 heavy (non-hydrogen) atoms. The van der Waals surface area contributed by atoms with Crippen molar-refractivity contribution in [3.8, 4) is 6.07 Å². The number of nitrogens with one attached hydrogen (secondary N) is 1. The molecular formula is C23H25ClN4. The topological polar surface area (TPSA) is 53.1 Å². The van der Waals surface area contributed by atoms with Gasteiger partial charge in [-0.3, -0.25) is 4.40 Å². The van der Waals surface area contributed by atoms with Crippen LogP contribution in [0.15, 0.2) is 35.9 Å². The molecule has 1 aromatic carbocycles. The highest BCUT2D eigenvalue weighted by molar-refractivity contribution is 6.18. The highest BCUT2D eigenvalue weighted by Crippen LogP contribution is 2.31. The van der Waals surface area contributed by atoms with E-state index in [0.29, 0.717) is 11.4 Å². The van der Waals surface area contributed by atoms with E-state index in [1.807, 2.05) is 25.1 Å². The number of fused-ring (bicyclic) bond motifs is 3. The number of alkyl halides is 1. The van der Waals surface area contributed by atoms with Crippen molar-refractivity contribution in [1.29, 1.82) is 5.26 Å². The summed E-state index contributed by atoms with van der Waals surface area (Å²) in [5.74, 6) is 1.54. The van der Waals surface area contributed by atoms with E-state index >= 15 is 0 Å². The van der Waals surface area contributed by atoms with Crippen LogP contribution in [0.4, 0.5) is 5.82 Å². The molecule has 144 valence electrons. The second kappa shape index (κ2) is 8.24. The monoisotopic (exact) mass is 392 g/mol. The Morgan fingerprint density at radius 2 is 2.11 bits per heavy atom. The zero-order chi connectivity index (χ0) is 19.5. The third-order valence-corrected chi connectivity index (χ3v) is 5.89. The largest absolute Gasteiger partial charge is 0.371 e. The van der Waals surface area contributed by atoms with Gasteiger partial charge in [0.15, 0.2) is 5.65 Å². The van der Waals surface area contributed by atoms with Gasteiger partial charge in [-0.25, -0.2) is 4.98 Å². The van der Waals surface area contributed by atoms with E-state index in [2.05, 4.69) is 27.9 Å². The van der Waals surface area contributed by atoms with Crippen LogP contribution in [0.5, 0.6) is 0 Å². The number of hydrogen-bond donors (Lipinski definition) is 1. The van der Waals surface area contributed by atoms with Crippen LogP contribution in [0.1, 0.15) is 48.8 Å². The summed E-state index contributed by atoms with van der Waals surface area (Å²) in [5, 5.41) is 13.5. The maximum atomic E-state index is 9.81. The van der Waals surface area contributed by atoms with E-state index in [0.717, 1.165) is 53.0 Å². The average Bonchev–Trinajstić information content (AvgIpc) is 3.10. The number of halogens is 1. The number of benzene rings is 1. The summed E-state index contributed by atoms with van der Waals surface area (Å²) in [5.41, 5.74) is 6.92. The highest BCUT2D eigenvalue weighted by Gasteiger charge is 2.20. The van der Waals surface area contributed by atoms with E-state index < -0.39 is 0 Å². The van der Waals surface area contributed by atoms with E-state index in [-0.39, 0.29) is 0 Å². The van der Waals surface area contributed by atoms with Crippen LogP contribution in [-0.4, -0.2) is 21.8 Å². The lowest BCUT2D eigenvalue weighted by Gasteiger charge is -2.19. The molecule has 0 saturated carbocycles. The van der Waals surface area contributed by atoms with Crippen molar-refractivity contribution in [3.05, 3.63) is 52.6 Å². The van der Waals surface area contributed by atoms with Gasteiger partial charge in [0.05, 0.1) is 16.6 Å². The number of nitrogens with zero attached hydrogens (tertiary/aromatic N) is 3. The lowest BCUT2D eigenvalue weighted by atomic mass is 9.97. The fourth-order valence-corrected chi connectivity index (χ4v) is 4.43. The Labute approximate surface area is 170 Å². The fourth-order valence-electron chi connectivity index (χ4n) is 4.24. The molecule has 1 aliphatic carbocycles. The number of hydrogen-bond acceptors (Lipinski definition) is 3. The van der Waals surface area contributed by atoms with Crippen molar-refractivity contribution in [2.24, 2.45) is 0 Å². The number of nitriles is 1. The molecule has 0 aliphatic heterocycles. The maximum absolute atomic E-state index is 9.81. The Bertz CT molecular complexity index is 1090. The van der Waals surface area contributed by atoms with Crippen LogP contribution in [0, 0.1) is 18.3 Å². The number of imidazole rings is 1. The smallest absolute Gasteiger partial charge is 0.157 e. The molecule has 3 aromatic rings. The van der Waals surface area contributed by atoms with Gasteiger partial charge in [-0.05, 0) is 68.7 Å². The molecule has 0 amide bonds. The minimum absolute atomic E-state index is 0.518. The van der Waals surface area contributed by atoms with Gasteiger partial charge in [-0.1, -0.05) is 23.8 Å². The third kappa shape index (κ3) is 3.36. The molecule has 0 atom stereocenters. The Morgan fingerprint density at radius 1 is 1.25 bits per heavy atom. The third-order valence-electron chi connectivity index (χ3n) is 5.70. The van der Waals surface area contributed by atoms with Gasteiger partial charge < -0.3 is 5.32 Å². The Hall–Kier alpha value is -2.51. The lowest BCUT2D eigenvalue weighted by molar-refractivity contribution is 0.679. The lowest BCUT2D eigenvalue weighted by Crippen LogP contribution is -2.13. The van der Waals surface area contributed by atoms with Crippen molar-refractivity contribution in [2.45, 2.75) is 45.4 Å². The van der Waals surface area contributed by atoms with Gasteiger partial charge in [0.1, 0.15) is 11.9 Å². The molecule has 1 N–H and O–H groups in total. The summed E-state index contributed by atoms with van der Waals surface area (Å²) in [4.78, 5) is 4.76. The zero-order valence-electron chi connectivity index (χ0n) is 16.3. The van der Waals surface area contributed by atoms with Crippen molar-refractivity contribution in [2.75, 3.05) is 17.7 Å². The number of pyridine rings is 1. The van der Waals surface area contributed by atoms with Crippen LogP contribution in [0.3, 0.4) is 0 Å². The number of aromatic nitrogens is 2. The van der Waals surface area contributed by atoms with Gasteiger partial charge in [0.2, 0.25) is 0 Å². The molecule has 0 bridgehead atoms. The number of para-hydroxylation sites is 2. The second-order valence-electron chi connectivity index (χ2n) is 7.42. The second-order valence-corrected chi connectivity index (χ2v) is 7.80. The summed E-state index contributed by atoms with van der Waals surface area (Å²) in [6.45, 7) is 2.88. The van der Waals surface area contributed by atoms with Gasteiger partial charge in [0.25, 0.3) is 0 Å². The van der Waals surface area contributed by atoms with Crippen LogP contribution in [0.25, 0.3) is 16.7 Å². The Balaban J connectivity index is 1.83. The SMILES string of the molecule is Cc1c(CCCl)c(NCCC2=CCCCC2)n2c(nc3ccccc32)c1C#N. The predicted molar refractivity (Wildman–Crippen MR) is 116 cm³/mol. The Morgan fingerprint density at radius 3 is 2.86 bits per heavy atom. The van der Waals surface area contributed by atoms with E-state index in [1.54, 1.807) is 5.57 Å². The number of rotatable bonds is 6. The first-order chi connectivity index (χ1) is 13.7. The van der Waals surface area contributed by atoms with Crippen molar-refractivity contribution in [1.82, 2.24) is 9.38 Å². The molecule has 2 heterocycles. The predicted octanol–water partition coefficient (Wildman–Crippen LogP) is 5.75. The molecule has 4 nitrogen and oxygen atoms in total. The van der Waals surface area contributed by atoms with Gasteiger partial charge in [0, 0.05) is 12.4 Å². The number of allylic oxidation sites excluding steroid dienone is 1. The first-order valence-electron chi connectivity index (χ1n) is 10.0. The standard InChI is InChI=1S/C23H25ClN4/c1-16-18(11-13-24)22(26-14-12-17-7-3-2-4-8-17)28-21-10-6-5-9-20(21)27-23(28)19(16)15-25/h5-7,9-10,26H,2-4,8,11-14H2,1H3. The van der Waals surface area contributed by atoms with E-state index in [1.165, 1.54) is 25.7 Å². The van der Waals surface area contributed by atoms with Gasteiger partial charge in [-0.15, -0.1) is 11.6 Å². The molecule has 2 aromatic heterocycles. The normalized spacial score (nSPS) is 14.2. The highest BCUT2D eigenvalue weighted by atomic mass is 35.5. The minimum Gasteiger partial charge on any atom is -0.371 e. The van der Waals surface area contributed by atoms with Crippen molar-refractivity contribution < 1.29 is 0 Å². The first-order valence-corrected chi connectivity index (χ1v) is 10.6. The summed E-state index contributed by atoms with van der Waals surface area (Å²) < 4.78 is 2.11. The van der Waals surface area contributed by atoms with Crippen LogP contribution < -0.4 is 5.32 Å². The zero-order valence-corrected chi connectivity index (χ0v) is 17.0. The van der Waals surface area contributed by atoms with Gasteiger partial charge in [-0.2, -0.15) is 5.26 Å². The van der Waals surface area contributed by atoms with Gasteiger partial charge >= 0.3 is 0 Å². The summed E-state index contributed by atoms with van der Waals surface area (Å²) in [7, 11) is 0. The van der Waals surface area contributed by atoms with Crippen molar-refractivity contribution >= 4 is 34.1 Å². The van der Waals surface area contributed by atoms with Crippen LogP contribution in [0.2, 0.25) is 0 Å². The molecule has 0 radical (unpaired) electrons. The first kappa shape index (κ1) is 18.8. The average molecular weight is 393 g/mol. The van der Waals surface area contributed by atoms with Crippen molar-refractivity contribution in [3.63, 3.8) is 0 Å². The molecule has 5 heteroatoms. The molecular weight excluding hydrogens is 368 g/mol. The molecule has 0 fully saturated rings. The maximum Gasteiger partial charge on any atom is 0.157 e. The summed E-state index contributed by atoms with van der Waals surface area (Å²) in [6.07, 6.45) is 9.20. The molecule has 4 rings (SSSR count). The molecule has 0 spiro atoms. The fraction of sp³-hybridized carbons (Fsp3) is 0.391. The van der Waals surface area contributed by atoms with Crippen LogP contribution in [-0.2, 0) is 6.42 Å². The number of anilines is 1. The Kier molecular flexibility index (Phi) is 5.54. The molecule has 0 unspecified atom stereocenters. The minimum atomic E-state index is 0.518. The molecule has 1 aliphatic rings. The summed E-state index contributed by atoms with van der Waals surface area (Å²) >= 11 is 6.13. The quantitative estimate of drug-likeness (QED) is 0.429. The van der Waals surface area contributed by atoms with Crippen LogP contribution >= 0.6 is 11.6 Å². The summed E-state index contributed by atoms with van der Waals surface area (Å²) in [6, 6.07) is 10.4.